The zero-order valence-electron chi connectivity index (χ0n) is 16.9. The highest BCUT2D eigenvalue weighted by molar-refractivity contribution is 5.07. The van der Waals surface area contributed by atoms with E-state index >= 15 is 0 Å². The second-order valence-electron chi connectivity index (χ2n) is 11.0. The van der Waals surface area contributed by atoms with Gasteiger partial charge in [-0.1, -0.05) is 13.8 Å². The molecule has 25 heavy (non-hydrogen) atoms. The Bertz CT molecular complexity index is 498. The average Bonchev–Trinajstić information content (AvgIpc) is 2.89. The van der Waals surface area contributed by atoms with E-state index in [2.05, 4.69) is 20.8 Å². The first-order valence-corrected chi connectivity index (χ1v) is 11.1. The van der Waals surface area contributed by atoms with Gasteiger partial charge in [-0.05, 0) is 118 Å². The van der Waals surface area contributed by atoms with E-state index < -0.39 is 5.60 Å². The van der Waals surface area contributed by atoms with E-state index in [-0.39, 0.29) is 6.10 Å². The monoisotopic (exact) mass is 348 g/mol. The fraction of sp³-hybridized carbons (Fsp3) is 1.00. The van der Waals surface area contributed by atoms with Crippen LogP contribution in [-0.4, -0.2) is 21.9 Å². The maximum Gasteiger partial charge on any atom is 0.0622 e. The van der Waals surface area contributed by atoms with Crippen LogP contribution in [-0.2, 0) is 0 Å². The van der Waals surface area contributed by atoms with Crippen molar-refractivity contribution >= 4 is 0 Å². The maximum absolute atomic E-state index is 10.5. The molecule has 144 valence electrons. The van der Waals surface area contributed by atoms with Gasteiger partial charge in [-0.15, -0.1) is 0 Å². The number of hydrogen-bond acceptors (Lipinski definition) is 2. The summed E-state index contributed by atoms with van der Waals surface area (Å²) in [6.07, 6.45) is 11.4. The van der Waals surface area contributed by atoms with Gasteiger partial charge in [-0.25, -0.2) is 0 Å². The van der Waals surface area contributed by atoms with Crippen LogP contribution in [0.2, 0.25) is 0 Å². The van der Waals surface area contributed by atoms with E-state index in [1.54, 1.807) is 0 Å². The molecule has 0 radical (unpaired) electrons. The van der Waals surface area contributed by atoms with Crippen molar-refractivity contribution in [2.75, 3.05) is 0 Å². The normalized spacial score (nSPS) is 55.0. The highest BCUT2D eigenvalue weighted by atomic mass is 16.3. The molecule has 0 aromatic carbocycles. The van der Waals surface area contributed by atoms with Crippen LogP contribution in [0.1, 0.15) is 85.5 Å². The molecule has 2 N–H and O–H groups in total. The van der Waals surface area contributed by atoms with Crippen LogP contribution in [0.5, 0.6) is 0 Å². The molecular formula is C23H40O2. The first-order valence-electron chi connectivity index (χ1n) is 11.1. The Labute approximate surface area is 154 Å². The molecule has 0 amide bonds. The Hall–Kier alpha value is -0.0800. The van der Waals surface area contributed by atoms with Gasteiger partial charge in [0, 0.05) is 0 Å². The smallest absolute Gasteiger partial charge is 0.0622 e. The Morgan fingerprint density at radius 3 is 2.28 bits per heavy atom. The van der Waals surface area contributed by atoms with Gasteiger partial charge < -0.3 is 10.2 Å². The summed E-state index contributed by atoms with van der Waals surface area (Å²) in [6, 6.07) is 0. The van der Waals surface area contributed by atoms with Crippen molar-refractivity contribution in [3.8, 4) is 0 Å². The van der Waals surface area contributed by atoms with E-state index in [1.807, 2.05) is 6.92 Å². The minimum absolute atomic E-state index is 0.172. The standard InChI is InChI=1S/C23H40O2/c1-14(15(2)24)20-7-8-21-19-6-5-16-13-22(3,25)11-9-17(16)18(19)10-12-23(20,21)4/h14-21,24-25H,5-13H2,1-4H3/t14?,15?,16-,17+,18-,19-,20-,21+,22-,23-/m1/s1. The first-order chi connectivity index (χ1) is 11.7. The van der Waals surface area contributed by atoms with Crippen molar-refractivity contribution in [2.45, 2.75) is 97.2 Å². The van der Waals surface area contributed by atoms with Crippen molar-refractivity contribution < 1.29 is 10.2 Å². The summed E-state index contributed by atoms with van der Waals surface area (Å²) in [5.74, 6) is 5.55. The number of aliphatic hydroxyl groups is 2. The van der Waals surface area contributed by atoms with Crippen LogP contribution in [0.15, 0.2) is 0 Å². The third-order valence-corrected chi connectivity index (χ3v) is 9.71. The van der Waals surface area contributed by atoms with Crippen molar-refractivity contribution in [2.24, 2.45) is 46.8 Å². The number of aliphatic hydroxyl groups excluding tert-OH is 1. The van der Waals surface area contributed by atoms with Gasteiger partial charge in [0.25, 0.3) is 0 Å². The SMILES string of the molecule is CC(O)C(C)[C@H]1CC[C@H]2[C@@H]3CC[C@@H]4C[C@](C)(O)CC[C@@H]4[C@H]3CC[C@]12C. The molecule has 0 aliphatic heterocycles. The Morgan fingerprint density at radius 2 is 1.56 bits per heavy atom. The van der Waals surface area contributed by atoms with Gasteiger partial charge in [0.05, 0.1) is 11.7 Å². The lowest BCUT2D eigenvalue weighted by atomic mass is 9.48. The number of rotatable bonds is 2. The topological polar surface area (TPSA) is 40.5 Å². The third kappa shape index (κ3) is 2.90. The van der Waals surface area contributed by atoms with E-state index in [0.717, 1.165) is 42.4 Å². The molecule has 4 saturated carbocycles. The molecule has 0 heterocycles. The summed E-state index contributed by atoms with van der Waals surface area (Å²) in [5, 5.41) is 20.7. The summed E-state index contributed by atoms with van der Waals surface area (Å²) >= 11 is 0. The average molecular weight is 349 g/mol. The third-order valence-electron chi connectivity index (χ3n) is 9.71. The molecule has 0 aromatic heterocycles. The van der Waals surface area contributed by atoms with Crippen molar-refractivity contribution in [3.05, 3.63) is 0 Å². The highest BCUT2D eigenvalue weighted by Crippen LogP contribution is 2.65. The number of hydrogen-bond donors (Lipinski definition) is 2. The fourth-order valence-corrected chi connectivity index (χ4v) is 8.32. The summed E-state index contributed by atoms with van der Waals surface area (Å²) in [7, 11) is 0. The second-order valence-corrected chi connectivity index (χ2v) is 11.0. The van der Waals surface area contributed by atoms with Crippen LogP contribution in [0.3, 0.4) is 0 Å². The molecule has 2 heteroatoms. The van der Waals surface area contributed by atoms with Crippen LogP contribution in [0.4, 0.5) is 0 Å². The van der Waals surface area contributed by atoms with E-state index in [4.69, 9.17) is 0 Å². The zero-order chi connectivity index (χ0) is 18.0. The largest absolute Gasteiger partial charge is 0.393 e. The summed E-state index contributed by atoms with van der Waals surface area (Å²) < 4.78 is 0. The van der Waals surface area contributed by atoms with Crippen molar-refractivity contribution in [1.29, 1.82) is 0 Å². The van der Waals surface area contributed by atoms with Crippen LogP contribution >= 0.6 is 0 Å². The quantitative estimate of drug-likeness (QED) is 0.735. The molecule has 10 atom stereocenters. The lowest BCUT2D eigenvalue weighted by molar-refractivity contribution is -0.105. The zero-order valence-corrected chi connectivity index (χ0v) is 16.9. The van der Waals surface area contributed by atoms with Crippen molar-refractivity contribution in [3.63, 3.8) is 0 Å². The Morgan fingerprint density at radius 1 is 0.840 bits per heavy atom. The van der Waals surface area contributed by atoms with E-state index in [9.17, 15) is 10.2 Å². The van der Waals surface area contributed by atoms with Gasteiger partial charge >= 0.3 is 0 Å². The number of fused-ring (bicyclic) bond motifs is 5. The van der Waals surface area contributed by atoms with Gasteiger partial charge in [0.2, 0.25) is 0 Å². The first kappa shape index (κ1) is 18.3. The van der Waals surface area contributed by atoms with E-state index in [1.165, 1.54) is 44.9 Å². The van der Waals surface area contributed by atoms with Crippen molar-refractivity contribution in [1.82, 2.24) is 0 Å². The molecule has 0 bridgehead atoms. The fourth-order valence-electron chi connectivity index (χ4n) is 8.32. The minimum Gasteiger partial charge on any atom is -0.393 e. The molecule has 0 aromatic rings. The van der Waals surface area contributed by atoms with Gasteiger partial charge in [0.15, 0.2) is 0 Å². The molecule has 0 saturated heterocycles. The van der Waals surface area contributed by atoms with Crippen LogP contribution in [0, 0.1) is 46.8 Å². The van der Waals surface area contributed by atoms with Gasteiger partial charge in [-0.3, -0.25) is 0 Å². The molecule has 2 nitrogen and oxygen atoms in total. The second kappa shape index (κ2) is 6.23. The molecule has 4 fully saturated rings. The van der Waals surface area contributed by atoms with E-state index in [0.29, 0.717) is 17.3 Å². The predicted molar refractivity (Wildman–Crippen MR) is 102 cm³/mol. The van der Waals surface area contributed by atoms with Crippen LogP contribution < -0.4 is 0 Å². The highest BCUT2D eigenvalue weighted by Gasteiger charge is 2.58. The maximum atomic E-state index is 10.5. The molecule has 4 rings (SSSR count). The summed E-state index contributed by atoms with van der Waals surface area (Å²) in [5.41, 5.74) is 0.0624. The lowest BCUT2D eigenvalue weighted by Gasteiger charge is -2.57. The summed E-state index contributed by atoms with van der Waals surface area (Å²) in [6.45, 7) is 8.91. The molecule has 0 spiro atoms. The molecule has 4 aliphatic rings. The molecular weight excluding hydrogens is 308 g/mol. The molecule has 2 unspecified atom stereocenters. The Balaban J connectivity index is 1.53. The van der Waals surface area contributed by atoms with Crippen LogP contribution in [0.25, 0.3) is 0 Å². The minimum atomic E-state index is -0.400. The lowest BCUT2D eigenvalue weighted by Crippen LogP contribution is -2.51. The van der Waals surface area contributed by atoms with Gasteiger partial charge in [-0.2, -0.15) is 0 Å². The predicted octanol–water partition coefficient (Wildman–Crippen LogP) is 5.02. The molecule has 4 aliphatic carbocycles. The van der Waals surface area contributed by atoms with Gasteiger partial charge in [0.1, 0.15) is 0 Å². The Kier molecular flexibility index (Phi) is 4.56. The summed E-state index contributed by atoms with van der Waals surface area (Å²) in [4.78, 5) is 0.